The lowest BCUT2D eigenvalue weighted by Gasteiger charge is -2.08. The molecule has 0 spiro atoms. The summed E-state index contributed by atoms with van der Waals surface area (Å²) in [7, 11) is 0. The van der Waals surface area contributed by atoms with E-state index < -0.39 is 21.8 Å². The van der Waals surface area contributed by atoms with Crippen molar-refractivity contribution in [1.29, 1.82) is 0 Å². The van der Waals surface area contributed by atoms with E-state index in [2.05, 4.69) is 20.3 Å². The molecule has 2 nitrogen and oxygen atoms in total. The lowest BCUT2D eigenvalue weighted by molar-refractivity contribution is -0.153. The minimum Gasteiger partial charge on any atom is -0.450 e. The molecule has 0 unspecified atom stereocenters. The molecule has 0 aliphatic heterocycles. The molecule has 0 aliphatic rings. The summed E-state index contributed by atoms with van der Waals surface area (Å²) in [6.45, 7) is 0. The molecule has 0 saturated carbocycles. The Balaban J connectivity index is 2.90. The molecule has 1 aromatic carbocycles. The molecule has 1 heterocycles. The molecule has 1 aromatic heterocycles. The van der Waals surface area contributed by atoms with Crippen molar-refractivity contribution >= 4 is 26.9 Å². The van der Waals surface area contributed by atoms with Gasteiger partial charge in [-0.05, 0) is 28.1 Å². The monoisotopic (exact) mass is 292 g/mol. The lowest BCUT2D eigenvalue weighted by atomic mass is 10.2. The minimum absolute atomic E-state index is 0.0805. The highest BCUT2D eigenvalue weighted by atomic mass is 79.9. The van der Waals surface area contributed by atoms with Crippen LogP contribution >= 0.6 is 15.9 Å². The lowest BCUT2D eigenvalue weighted by Crippen LogP contribution is -2.13. The van der Waals surface area contributed by atoms with E-state index in [0.717, 1.165) is 0 Å². The third-order valence-corrected chi connectivity index (χ3v) is 2.72. The van der Waals surface area contributed by atoms with Crippen LogP contribution in [0.15, 0.2) is 37.9 Å². The number of hydrogen-bond donors (Lipinski definition) is 0. The first-order valence-electron chi connectivity index (χ1n) is 4.20. The summed E-state index contributed by atoms with van der Waals surface area (Å²) in [6.07, 6.45) is -4.69. The van der Waals surface area contributed by atoms with E-state index >= 15 is 0 Å². The van der Waals surface area contributed by atoms with Gasteiger partial charge in [-0.2, -0.15) is 13.2 Å². The maximum absolute atomic E-state index is 12.5. The summed E-state index contributed by atoms with van der Waals surface area (Å²) in [5.41, 5.74) is -0.808. The van der Waals surface area contributed by atoms with Crippen LogP contribution < -0.4 is 5.43 Å². The van der Waals surface area contributed by atoms with Crippen molar-refractivity contribution in [3.8, 4) is 0 Å². The highest BCUT2D eigenvalue weighted by Gasteiger charge is 2.38. The second-order valence-corrected chi connectivity index (χ2v) is 3.86. The van der Waals surface area contributed by atoms with Gasteiger partial charge in [0.2, 0.25) is 11.2 Å². The summed E-state index contributed by atoms with van der Waals surface area (Å²) in [5, 5.41) is 0.113. The molecule has 84 valence electrons. The van der Waals surface area contributed by atoms with E-state index in [0.29, 0.717) is 0 Å². The van der Waals surface area contributed by atoms with Gasteiger partial charge in [-0.3, -0.25) is 4.79 Å². The summed E-state index contributed by atoms with van der Waals surface area (Å²) < 4.78 is 41.5. The Hall–Kier alpha value is -1.30. The molecule has 0 atom stereocenters. The second-order valence-electron chi connectivity index (χ2n) is 3.07. The molecule has 2 rings (SSSR count). The number of benzene rings is 1. The molecule has 0 bridgehead atoms. The second kappa shape index (κ2) is 3.62. The van der Waals surface area contributed by atoms with E-state index in [4.69, 9.17) is 0 Å². The van der Waals surface area contributed by atoms with Gasteiger partial charge in [-0.25, -0.2) is 0 Å². The Bertz CT molecular complexity index is 601. The van der Waals surface area contributed by atoms with Crippen LogP contribution in [0.25, 0.3) is 11.0 Å². The number of fused-ring (bicyclic) bond motifs is 1. The van der Waals surface area contributed by atoms with Gasteiger partial charge >= 0.3 is 6.18 Å². The summed E-state index contributed by atoms with van der Waals surface area (Å²) in [6, 6.07) is 5.78. The zero-order valence-corrected chi connectivity index (χ0v) is 9.22. The smallest absolute Gasteiger partial charge is 0.450 e. The topological polar surface area (TPSA) is 30.2 Å². The van der Waals surface area contributed by atoms with Gasteiger partial charge in [0, 0.05) is 0 Å². The Morgan fingerprint density at radius 3 is 2.44 bits per heavy atom. The molecule has 0 fully saturated rings. The highest BCUT2D eigenvalue weighted by Crippen LogP contribution is 2.34. The van der Waals surface area contributed by atoms with Crippen LogP contribution in [0.5, 0.6) is 0 Å². The van der Waals surface area contributed by atoms with Gasteiger partial charge in [0.1, 0.15) is 10.1 Å². The van der Waals surface area contributed by atoms with E-state index in [1.54, 1.807) is 6.07 Å². The number of halogens is 4. The quantitative estimate of drug-likeness (QED) is 0.743. The molecular weight excluding hydrogens is 289 g/mol. The van der Waals surface area contributed by atoms with Gasteiger partial charge < -0.3 is 4.42 Å². The van der Waals surface area contributed by atoms with E-state index in [9.17, 15) is 18.0 Å². The fraction of sp³-hybridized carbons (Fsp3) is 0.100. The summed E-state index contributed by atoms with van der Waals surface area (Å²) in [5.74, 6) is -1.31. The Kier molecular flexibility index (Phi) is 2.53. The Morgan fingerprint density at radius 1 is 1.19 bits per heavy atom. The minimum atomic E-state index is -4.69. The zero-order valence-electron chi connectivity index (χ0n) is 7.64. The number of hydrogen-bond acceptors (Lipinski definition) is 2. The normalized spacial score (nSPS) is 12.0. The van der Waals surface area contributed by atoms with Crippen molar-refractivity contribution < 1.29 is 17.6 Å². The zero-order chi connectivity index (χ0) is 11.9. The predicted octanol–water partition coefficient (Wildman–Crippen LogP) is 3.57. The van der Waals surface area contributed by atoms with Crippen LogP contribution in [-0.4, -0.2) is 0 Å². The SMILES string of the molecule is O=c1c(Br)c(C(F)(F)F)oc2ccccc12. The standard InChI is InChI=1S/C10H4BrF3O2/c11-7-8(15)5-3-1-2-4-6(5)16-9(7)10(12,13)14/h1-4H. The van der Waals surface area contributed by atoms with Crippen molar-refractivity contribution in [2.24, 2.45) is 0 Å². The Morgan fingerprint density at radius 2 is 1.81 bits per heavy atom. The molecular formula is C10H4BrF3O2. The van der Waals surface area contributed by atoms with Crippen LogP contribution in [0.2, 0.25) is 0 Å². The fourth-order valence-electron chi connectivity index (χ4n) is 1.30. The fourth-order valence-corrected chi connectivity index (χ4v) is 1.82. The molecule has 6 heteroatoms. The van der Waals surface area contributed by atoms with Gasteiger partial charge in [0.25, 0.3) is 0 Å². The number of para-hydroxylation sites is 1. The highest BCUT2D eigenvalue weighted by molar-refractivity contribution is 9.10. The third-order valence-electron chi connectivity index (χ3n) is 2.00. The largest absolute Gasteiger partial charge is 0.450 e. The average Bonchev–Trinajstić information content (AvgIpc) is 2.22. The number of rotatable bonds is 0. The molecule has 0 radical (unpaired) electrons. The first-order valence-corrected chi connectivity index (χ1v) is 4.99. The molecule has 0 aliphatic carbocycles. The summed E-state index contributed by atoms with van der Waals surface area (Å²) >= 11 is 2.61. The van der Waals surface area contributed by atoms with Crippen molar-refractivity contribution in [2.75, 3.05) is 0 Å². The van der Waals surface area contributed by atoms with Crippen LogP contribution in [0.1, 0.15) is 5.76 Å². The van der Waals surface area contributed by atoms with E-state index in [1.807, 2.05) is 0 Å². The molecule has 0 amide bonds. The van der Waals surface area contributed by atoms with Crippen LogP contribution in [0, 0.1) is 0 Å². The molecule has 2 aromatic rings. The molecule has 0 saturated heterocycles. The van der Waals surface area contributed by atoms with Crippen molar-refractivity contribution in [2.45, 2.75) is 6.18 Å². The molecule has 0 N–H and O–H groups in total. The van der Waals surface area contributed by atoms with Crippen LogP contribution in [0.4, 0.5) is 13.2 Å². The number of alkyl halides is 3. The van der Waals surface area contributed by atoms with E-state index in [-0.39, 0.29) is 11.0 Å². The van der Waals surface area contributed by atoms with Crippen LogP contribution in [0.3, 0.4) is 0 Å². The molecule has 16 heavy (non-hydrogen) atoms. The Labute approximate surface area is 95.8 Å². The van der Waals surface area contributed by atoms with Crippen molar-refractivity contribution in [1.82, 2.24) is 0 Å². The maximum atomic E-state index is 12.5. The van der Waals surface area contributed by atoms with Crippen molar-refractivity contribution in [3.63, 3.8) is 0 Å². The first-order chi connectivity index (χ1) is 7.41. The average molecular weight is 293 g/mol. The van der Waals surface area contributed by atoms with Gasteiger partial charge in [-0.15, -0.1) is 0 Å². The van der Waals surface area contributed by atoms with Crippen LogP contribution in [-0.2, 0) is 6.18 Å². The predicted molar refractivity (Wildman–Crippen MR) is 55.2 cm³/mol. The third kappa shape index (κ3) is 1.73. The van der Waals surface area contributed by atoms with Gasteiger partial charge in [0.15, 0.2) is 0 Å². The van der Waals surface area contributed by atoms with Gasteiger partial charge in [-0.1, -0.05) is 12.1 Å². The maximum Gasteiger partial charge on any atom is 0.450 e. The summed E-state index contributed by atoms with van der Waals surface area (Å²) in [4.78, 5) is 11.6. The van der Waals surface area contributed by atoms with E-state index in [1.165, 1.54) is 18.2 Å². The first kappa shape index (κ1) is 11.2. The van der Waals surface area contributed by atoms with Gasteiger partial charge in [0.05, 0.1) is 5.39 Å². The van der Waals surface area contributed by atoms with Crippen molar-refractivity contribution in [3.05, 3.63) is 44.7 Å².